The van der Waals surface area contributed by atoms with Crippen LogP contribution < -0.4 is 14.8 Å². The molecule has 1 fully saturated rings. The lowest BCUT2D eigenvalue weighted by Crippen LogP contribution is -2.19. The van der Waals surface area contributed by atoms with Crippen LogP contribution in [0.1, 0.15) is 38.7 Å². The van der Waals surface area contributed by atoms with Gasteiger partial charge in [-0.25, -0.2) is 0 Å². The van der Waals surface area contributed by atoms with Crippen molar-refractivity contribution in [3.8, 4) is 11.5 Å². The van der Waals surface area contributed by atoms with Gasteiger partial charge in [0.1, 0.15) is 0 Å². The van der Waals surface area contributed by atoms with Crippen LogP contribution in [0.5, 0.6) is 11.5 Å². The predicted octanol–water partition coefficient (Wildman–Crippen LogP) is 4.27. The lowest BCUT2D eigenvalue weighted by molar-refractivity contribution is 0.283. The number of nitrogens with one attached hydrogen (secondary N) is 1. The molecule has 0 aliphatic heterocycles. The summed E-state index contributed by atoms with van der Waals surface area (Å²) in [7, 11) is 1.66. The van der Waals surface area contributed by atoms with Gasteiger partial charge in [-0.1, -0.05) is 38.3 Å². The Morgan fingerprint density at radius 1 is 1.33 bits per heavy atom. The second kappa shape index (κ2) is 7.90. The molecule has 0 amide bonds. The Balaban J connectivity index is 1.96. The van der Waals surface area contributed by atoms with E-state index in [4.69, 9.17) is 21.1 Å². The Bertz CT molecular complexity index is 458. The van der Waals surface area contributed by atoms with Crippen LogP contribution in [0.25, 0.3) is 0 Å². The first-order valence-electron chi connectivity index (χ1n) is 7.80. The maximum absolute atomic E-state index is 6.35. The van der Waals surface area contributed by atoms with E-state index >= 15 is 0 Å². The van der Waals surface area contributed by atoms with E-state index in [0.717, 1.165) is 36.7 Å². The summed E-state index contributed by atoms with van der Waals surface area (Å²) in [5.74, 6) is 2.88. The first kappa shape index (κ1) is 16.4. The summed E-state index contributed by atoms with van der Waals surface area (Å²) in [4.78, 5) is 0. The molecule has 0 radical (unpaired) electrons. The maximum Gasteiger partial charge on any atom is 0.179 e. The third-order valence-electron chi connectivity index (χ3n) is 3.64. The van der Waals surface area contributed by atoms with Crippen molar-refractivity contribution in [1.82, 2.24) is 5.32 Å². The van der Waals surface area contributed by atoms with Crippen molar-refractivity contribution in [1.29, 1.82) is 0 Å². The van der Waals surface area contributed by atoms with Crippen molar-refractivity contribution < 1.29 is 9.47 Å². The highest BCUT2D eigenvalue weighted by atomic mass is 35.5. The molecule has 1 aromatic rings. The zero-order valence-corrected chi connectivity index (χ0v) is 14.0. The van der Waals surface area contributed by atoms with Gasteiger partial charge in [0.25, 0.3) is 0 Å². The summed E-state index contributed by atoms with van der Waals surface area (Å²) in [6, 6.07) is 3.97. The molecule has 0 spiro atoms. The van der Waals surface area contributed by atoms with Gasteiger partial charge in [-0.05, 0) is 42.5 Å². The molecule has 1 aromatic carbocycles. The predicted molar refractivity (Wildman–Crippen MR) is 87.4 cm³/mol. The molecule has 1 aliphatic rings. The molecular formula is C17H26ClNO2. The number of hydrogen-bond donors (Lipinski definition) is 1. The Hall–Kier alpha value is -0.930. The van der Waals surface area contributed by atoms with Crippen molar-refractivity contribution in [2.45, 2.75) is 39.7 Å². The van der Waals surface area contributed by atoms with Crippen LogP contribution in [-0.2, 0) is 6.54 Å². The minimum Gasteiger partial charge on any atom is -0.493 e. The minimum atomic E-state index is 0.631. The molecule has 3 nitrogen and oxygen atoms in total. The molecule has 1 saturated carbocycles. The average Bonchev–Trinajstić information content (AvgIpc) is 3.24. The summed E-state index contributed by atoms with van der Waals surface area (Å²) < 4.78 is 11.3. The van der Waals surface area contributed by atoms with Crippen molar-refractivity contribution in [3.63, 3.8) is 0 Å². The number of methoxy groups -OCH3 is 1. The Morgan fingerprint density at radius 2 is 2.10 bits per heavy atom. The van der Waals surface area contributed by atoms with Crippen LogP contribution in [0.3, 0.4) is 0 Å². The maximum atomic E-state index is 6.35. The molecule has 0 atom stereocenters. The quantitative estimate of drug-likeness (QED) is 0.738. The van der Waals surface area contributed by atoms with Gasteiger partial charge in [0.2, 0.25) is 0 Å². The first-order valence-corrected chi connectivity index (χ1v) is 8.18. The summed E-state index contributed by atoms with van der Waals surface area (Å²) in [6.07, 6.45) is 3.79. The van der Waals surface area contributed by atoms with Crippen LogP contribution >= 0.6 is 11.6 Å². The normalized spacial score (nSPS) is 14.5. The summed E-state index contributed by atoms with van der Waals surface area (Å²) in [5, 5.41) is 4.04. The van der Waals surface area contributed by atoms with Crippen LogP contribution in [0.15, 0.2) is 12.1 Å². The van der Waals surface area contributed by atoms with Crippen LogP contribution in [0, 0.1) is 11.8 Å². The first-order chi connectivity index (χ1) is 10.1. The van der Waals surface area contributed by atoms with E-state index in [-0.39, 0.29) is 0 Å². The Kier molecular flexibility index (Phi) is 6.19. The second-order valence-electron chi connectivity index (χ2n) is 6.21. The fraction of sp³-hybridized carbons (Fsp3) is 0.647. The molecule has 0 heterocycles. The van der Waals surface area contributed by atoms with E-state index < -0.39 is 0 Å². The molecule has 1 aliphatic carbocycles. The van der Waals surface area contributed by atoms with E-state index in [1.165, 1.54) is 12.8 Å². The summed E-state index contributed by atoms with van der Waals surface area (Å²) >= 11 is 6.35. The van der Waals surface area contributed by atoms with E-state index in [0.29, 0.717) is 23.3 Å². The molecule has 0 unspecified atom stereocenters. The standard InChI is InChI=1S/C17H26ClNO2/c1-12(2)10-19-11-14-8-15(18)17(16(9-14)20-3)21-7-6-13-4-5-13/h8-9,12-13,19H,4-7,10-11H2,1-3H3. The fourth-order valence-electron chi connectivity index (χ4n) is 2.25. The smallest absolute Gasteiger partial charge is 0.179 e. The molecule has 0 aromatic heterocycles. The highest BCUT2D eigenvalue weighted by Gasteiger charge is 2.21. The van der Waals surface area contributed by atoms with Gasteiger partial charge < -0.3 is 14.8 Å². The van der Waals surface area contributed by atoms with Crippen LogP contribution in [-0.4, -0.2) is 20.3 Å². The monoisotopic (exact) mass is 311 g/mol. The van der Waals surface area contributed by atoms with E-state index in [1.807, 2.05) is 12.1 Å². The van der Waals surface area contributed by atoms with E-state index in [2.05, 4.69) is 19.2 Å². The summed E-state index contributed by atoms with van der Waals surface area (Å²) in [6.45, 7) is 6.87. The number of ether oxygens (including phenoxy) is 2. The van der Waals surface area contributed by atoms with Gasteiger partial charge >= 0.3 is 0 Å². The van der Waals surface area contributed by atoms with Gasteiger partial charge in [-0.2, -0.15) is 0 Å². The molecule has 2 rings (SSSR count). The highest BCUT2D eigenvalue weighted by molar-refractivity contribution is 6.32. The second-order valence-corrected chi connectivity index (χ2v) is 6.62. The van der Waals surface area contributed by atoms with Crippen molar-refractivity contribution in [2.75, 3.05) is 20.3 Å². The lowest BCUT2D eigenvalue weighted by Gasteiger charge is -2.15. The number of halogens is 1. The zero-order valence-electron chi connectivity index (χ0n) is 13.2. The van der Waals surface area contributed by atoms with Gasteiger partial charge in [-0.3, -0.25) is 0 Å². The lowest BCUT2D eigenvalue weighted by atomic mass is 10.1. The van der Waals surface area contributed by atoms with Crippen molar-refractivity contribution in [2.24, 2.45) is 11.8 Å². The molecular weight excluding hydrogens is 286 g/mol. The molecule has 0 bridgehead atoms. The minimum absolute atomic E-state index is 0.631. The van der Waals surface area contributed by atoms with Crippen LogP contribution in [0.2, 0.25) is 5.02 Å². The number of hydrogen-bond acceptors (Lipinski definition) is 3. The molecule has 118 valence electrons. The largest absolute Gasteiger partial charge is 0.493 e. The topological polar surface area (TPSA) is 30.5 Å². The van der Waals surface area contributed by atoms with Gasteiger partial charge in [0, 0.05) is 6.54 Å². The SMILES string of the molecule is COc1cc(CNCC(C)C)cc(Cl)c1OCCC1CC1. The van der Waals surface area contributed by atoms with Gasteiger partial charge in [-0.15, -0.1) is 0 Å². The fourth-order valence-corrected chi connectivity index (χ4v) is 2.54. The Labute approximate surface area is 133 Å². The molecule has 1 N–H and O–H groups in total. The highest BCUT2D eigenvalue weighted by Crippen LogP contribution is 2.38. The average molecular weight is 312 g/mol. The van der Waals surface area contributed by atoms with Crippen molar-refractivity contribution >= 4 is 11.6 Å². The van der Waals surface area contributed by atoms with E-state index in [1.54, 1.807) is 7.11 Å². The molecule has 0 saturated heterocycles. The zero-order chi connectivity index (χ0) is 15.2. The van der Waals surface area contributed by atoms with E-state index in [9.17, 15) is 0 Å². The third kappa shape index (κ3) is 5.40. The molecule has 21 heavy (non-hydrogen) atoms. The number of rotatable bonds is 9. The number of benzene rings is 1. The van der Waals surface area contributed by atoms with Crippen molar-refractivity contribution in [3.05, 3.63) is 22.7 Å². The van der Waals surface area contributed by atoms with Crippen LogP contribution in [0.4, 0.5) is 0 Å². The van der Waals surface area contributed by atoms with Gasteiger partial charge in [0.05, 0.1) is 18.7 Å². The Morgan fingerprint density at radius 3 is 2.71 bits per heavy atom. The van der Waals surface area contributed by atoms with Gasteiger partial charge in [0.15, 0.2) is 11.5 Å². The molecule has 4 heteroatoms. The third-order valence-corrected chi connectivity index (χ3v) is 3.92. The summed E-state index contributed by atoms with van der Waals surface area (Å²) in [5.41, 5.74) is 1.12.